The fourth-order valence-electron chi connectivity index (χ4n) is 2.82. The van der Waals surface area contributed by atoms with Crippen LogP contribution in [0.25, 0.3) is 6.08 Å². The van der Waals surface area contributed by atoms with Gasteiger partial charge in [0.1, 0.15) is 11.4 Å². The molecule has 0 aliphatic heterocycles. The molecule has 3 aromatic rings. The first kappa shape index (κ1) is 23.3. The van der Waals surface area contributed by atoms with Gasteiger partial charge in [0.05, 0.1) is 13.7 Å². The number of carbonyl (C=O) groups is 2. The molecule has 0 unspecified atom stereocenters. The van der Waals surface area contributed by atoms with Crippen LogP contribution >= 0.6 is 45.2 Å². The highest BCUT2D eigenvalue weighted by atomic mass is 127. The van der Waals surface area contributed by atoms with Crippen LogP contribution in [-0.2, 0) is 11.2 Å². The van der Waals surface area contributed by atoms with Gasteiger partial charge in [0.15, 0.2) is 0 Å². The zero-order chi connectivity index (χ0) is 22.2. The largest absolute Gasteiger partial charge is 0.491 e. The van der Waals surface area contributed by atoms with Gasteiger partial charge in [-0.25, -0.2) is 4.79 Å². The molecule has 0 fully saturated rings. The molecular formula is C24H19I2NO4. The van der Waals surface area contributed by atoms with E-state index in [-0.39, 0.29) is 5.70 Å². The molecule has 3 aromatic carbocycles. The minimum atomic E-state index is -1.21. The fourth-order valence-corrected chi connectivity index (χ4v) is 4.95. The van der Waals surface area contributed by atoms with Gasteiger partial charge in [-0.1, -0.05) is 48.5 Å². The van der Waals surface area contributed by atoms with E-state index in [0.29, 0.717) is 17.7 Å². The first-order chi connectivity index (χ1) is 14.9. The predicted molar refractivity (Wildman–Crippen MR) is 137 cm³/mol. The molecule has 31 heavy (non-hydrogen) atoms. The number of halogens is 2. The zero-order valence-corrected chi connectivity index (χ0v) is 20.7. The van der Waals surface area contributed by atoms with Crippen molar-refractivity contribution in [2.24, 2.45) is 0 Å². The monoisotopic (exact) mass is 639 g/mol. The molecule has 5 nitrogen and oxygen atoms in total. The van der Waals surface area contributed by atoms with Crippen molar-refractivity contribution in [2.75, 3.05) is 6.61 Å². The molecule has 0 aromatic heterocycles. The van der Waals surface area contributed by atoms with Gasteiger partial charge in [0.2, 0.25) is 0 Å². The number of nitrogens with one attached hydrogen (secondary N) is 1. The molecule has 0 saturated heterocycles. The lowest BCUT2D eigenvalue weighted by Gasteiger charge is -2.12. The summed E-state index contributed by atoms with van der Waals surface area (Å²) >= 11 is 4.34. The Kier molecular flexibility index (Phi) is 8.47. The van der Waals surface area contributed by atoms with E-state index < -0.39 is 11.9 Å². The lowest BCUT2D eigenvalue weighted by atomic mass is 10.1. The smallest absolute Gasteiger partial charge is 0.352 e. The number of rotatable bonds is 8. The van der Waals surface area contributed by atoms with Crippen LogP contribution in [0.15, 0.2) is 78.5 Å². The zero-order valence-electron chi connectivity index (χ0n) is 16.3. The van der Waals surface area contributed by atoms with Gasteiger partial charge in [-0.05, 0) is 86.7 Å². The number of aliphatic carboxylic acids is 1. The van der Waals surface area contributed by atoms with E-state index >= 15 is 0 Å². The number of ether oxygens (including phenoxy) is 1. The van der Waals surface area contributed by atoms with Crippen LogP contribution in [0, 0.1) is 7.14 Å². The number of carboxylic acid groups (broad SMARTS) is 1. The SMILES string of the molecule is O=C(O)C(=Cc1cc(I)c(OCCc2ccccc2)c(I)c1)NC(=O)c1ccccc1. The summed E-state index contributed by atoms with van der Waals surface area (Å²) < 4.78 is 7.71. The Morgan fingerprint density at radius 2 is 1.52 bits per heavy atom. The third-order valence-electron chi connectivity index (χ3n) is 4.33. The fraction of sp³-hybridized carbons (Fsp3) is 0.0833. The lowest BCUT2D eigenvalue weighted by molar-refractivity contribution is -0.132. The molecule has 0 heterocycles. The van der Waals surface area contributed by atoms with Gasteiger partial charge in [-0.3, -0.25) is 4.79 Å². The number of amides is 1. The number of carbonyl (C=O) groups excluding carboxylic acids is 1. The van der Waals surface area contributed by atoms with Gasteiger partial charge < -0.3 is 15.2 Å². The summed E-state index contributed by atoms with van der Waals surface area (Å²) in [6.45, 7) is 0.540. The molecule has 158 valence electrons. The number of carboxylic acids is 1. The molecule has 0 atom stereocenters. The average Bonchev–Trinajstić information content (AvgIpc) is 2.76. The molecule has 0 saturated carbocycles. The standard InChI is InChI=1S/C24H19I2NO4/c25-19-13-17(14-20(26)22(19)31-12-11-16-7-3-1-4-8-16)15-21(24(29)30)27-23(28)18-9-5-2-6-10-18/h1-10,13-15H,11-12H2,(H,27,28)(H,29,30). The highest BCUT2D eigenvalue weighted by Gasteiger charge is 2.15. The summed E-state index contributed by atoms with van der Waals surface area (Å²) in [6, 6.07) is 22.3. The van der Waals surface area contributed by atoms with Crippen molar-refractivity contribution in [3.8, 4) is 5.75 Å². The van der Waals surface area contributed by atoms with Gasteiger partial charge in [0, 0.05) is 12.0 Å². The Labute approximate surface area is 207 Å². The molecular weight excluding hydrogens is 620 g/mol. The second-order valence-electron chi connectivity index (χ2n) is 6.58. The van der Waals surface area contributed by atoms with E-state index in [9.17, 15) is 14.7 Å². The second-order valence-corrected chi connectivity index (χ2v) is 8.91. The van der Waals surface area contributed by atoms with E-state index in [0.717, 1.165) is 19.3 Å². The van der Waals surface area contributed by atoms with Crippen molar-refractivity contribution in [1.29, 1.82) is 0 Å². The van der Waals surface area contributed by atoms with Crippen LogP contribution in [0.2, 0.25) is 0 Å². The third-order valence-corrected chi connectivity index (χ3v) is 5.93. The molecule has 0 bridgehead atoms. The van der Waals surface area contributed by atoms with Gasteiger partial charge >= 0.3 is 5.97 Å². The average molecular weight is 639 g/mol. The molecule has 0 aliphatic rings. The van der Waals surface area contributed by atoms with Crippen LogP contribution in [0.4, 0.5) is 0 Å². The summed E-state index contributed by atoms with van der Waals surface area (Å²) in [5.74, 6) is -0.920. The molecule has 2 N–H and O–H groups in total. The minimum Gasteiger partial charge on any atom is -0.491 e. The Balaban J connectivity index is 1.74. The first-order valence-electron chi connectivity index (χ1n) is 9.41. The molecule has 7 heteroatoms. The third kappa shape index (κ3) is 6.79. The number of hydrogen-bond acceptors (Lipinski definition) is 3. The maximum atomic E-state index is 12.3. The maximum absolute atomic E-state index is 12.3. The van der Waals surface area contributed by atoms with E-state index in [1.54, 1.807) is 30.3 Å². The van der Waals surface area contributed by atoms with E-state index in [1.165, 1.54) is 11.6 Å². The summed E-state index contributed by atoms with van der Waals surface area (Å²) in [5, 5.41) is 12.0. The van der Waals surface area contributed by atoms with Gasteiger partial charge in [0.25, 0.3) is 5.91 Å². The van der Waals surface area contributed by atoms with Crippen LogP contribution < -0.4 is 10.1 Å². The molecule has 1 amide bonds. The Hall–Kier alpha value is -2.40. The van der Waals surface area contributed by atoms with Crippen molar-refractivity contribution in [3.05, 3.63) is 102 Å². The topological polar surface area (TPSA) is 75.6 Å². The Morgan fingerprint density at radius 3 is 2.10 bits per heavy atom. The van der Waals surface area contributed by atoms with Crippen molar-refractivity contribution < 1.29 is 19.4 Å². The Bertz CT molecular complexity index is 1080. The van der Waals surface area contributed by atoms with Crippen LogP contribution in [0.1, 0.15) is 21.5 Å². The summed E-state index contributed by atoms with van der Waals surface area (Å²) in [4.78, 5) is 24.0. The minimum absolute atomic E-state index is 0.196. The normalized spacial score (nSPS) is 11.1. The van der Waals surface area contributed by atoms with Crippen LogP contribution in [0.3, 0.4) is 0 Å². The first-order valence-corrected chi connectivity index (χ1v) is 11.6. The molecule has 0 radical (unpaired) electrons. The van der Waals surface area contributed by atoms with E-state index in [2.05, 4.69) is 62.6 Å². The predicted octanol–water partition coefficient (Wildman–Crippen LogP) is 5.37. The summed E-state index contributed by atoms with van der Waals surface area (Å²) in [6.07, 6.45) is 2.24. The molecule has 0 aliphatic carbocycles. The van der Waals surface area contributed by atoms with Gasteiger partial charge in [-0.2, -0.15) is 0 Å². The highest BCUT2D eigenvalue weighted by Crippen LogP contribution is 2.30. The van der Waals surface area contributed by atoms with Crippen LogP contribution in [-0.4, -0.2) is 23.6 Å². The lowest BCUT2D eigenvalue weighted by Crippen LogP contribution is -2.27. The van der Waals surface area contributed by atoms with E-state index in [4.69, 9.17) is 4.74 Å². The van der Waals surface area contributed by atoms with Crippen molar-refractivity contribution in [2.45, 2.75) is 6.42 Å². The van der Waals surface area contributed by atoms with Crippen molar-refractivity contribution in [1.82, 2.24) is 5.32 Å². The summed E-state index contributed by atoms with van der Waals surface area (Å²) in [7, 11) is 0. The molecule has 0 spiro atoms. The number of hydrogen-bond donors (Lipinski definition) is 2. The molecule has 3 rings (SSSR count). The second kappa shape index (κ2) is 11.3. The number of benzene rings is 3. The summed E-state index contributed by atoms with van der Waals surface area (Å²) in [5.41, 5.74) is 2.06. The highest BCUT2D eigenvalue weighted by molar-refractivity contribution is 14.1. The quantitative estimate of drug-likeness (QED) is 0.257. The van der Waals surface area contributed by atoms with E-state index in [1.807, 2.05) is 30.3 Å². The van der Waals surface area contributed by atoms with Crippen molar-refractivity contribution in [3.63, 3.8) is 0 Å². The van der Waals surface area contributed by atoms with Gasteiger partial charge in [-0.15, -0.1) is 0 Å². The maximum Gasteiger partial charge on any atom is 0.352 e. The van der Waals surface area contributed by atoms with Crippen LogP contribution in [0.5, 0.6) is 5.75 Å². The Morgan fingerprint density at radius 1 is 0.935 bits per heavy atom. The van der Waals surface area contributed by atoms with Crippen molar-refractivity contribution >= 4 is 63.1 Å².